The number of benzene rings is 1. The number of anilines is 4. The molecule has 0 aliphatic heterocycles. The third kappa shape index (κ3) is 3.38. The van der Waals surface area contributed by atoms with Crippen LogP contribution in [-0.4, -0.2) is 30.1 Å². The van der Waals surface area contributed by atoms with Crippen molar-refractivity contribution in [1.29, 1.82) is 0 Å². The van der Waals surface area contributed by atoms with Crippen molar-refractivity contribution in [2.75, 3.05) is 35.7 Å². The van der Waals surface area contributed by atoms with Gasteiger partial charge in [-0.2, -0.15) is 0 Å². The summed E-state index contributed by atoms with van der Waals surface area (Å²) in [5.41, 5.74) is 2.24. The molecule has 0 radical (unpaired) electrons. The first-order chi connectivity index (χ1) is 9.76. The van der Waals surface area contributed by atoms with Gasteiger partial charge in [0, 0.05) is 31.5 Å². The second-order valence-corrected chi connectivity index (χ2v) is 4.38. The lowest BCUT2D eigenvalue weighted by Gasteiger charge is -2.21. The van der Waals surface area contributed by atoms with E-state index in [0.717, 1.165) is 30.4 Å². The Labute approximate surface area is 120 Å². The summed E-state index contributed by atoms with van der Waals surface area (Å²) in [6.45, 7) is 6.35. The van der Waals surface area contributed by atoms with Gasteiger partial charge in [0.15, 0.2) is 5.82 Å². The minimum Gasteiger partial charge on any atom is -0.372 e. The monoisotopic (exact) mass is 271 g/mol. The van der Waals surface area contributed by atoms with Crippen LogP contribution in [0.1, 0.15) is 13.8 Å². The smallest absolute Gasteiger partial charge is 0.151 e. The zero-order valence-corrected chi connectivity index (χ0v) is 12.2. The van der Waals surface area contributed by atoms with Crippen molar-refractivity contribution in [3.05, 3.63) is 36.7 Å². The Kier molecular flexibility index (Phi) is 4.76. The molecular weight excluding hydrogens is 250 g/mol. The quantitative estimate of drug-likeness (QED) is 0.845. The third-order valence-electron chi connectivity index (χ3n) is 3.16. The third-order valence-corrected chi connectivity index (χ3v) is 3.16. The van der Waals surface area contributed by atoms with Gasteiger partial charge in [-0.25, -0.2) is 4.98 Å². The van der Waals surface area contributed by atoms with Crippen LogP contribution in [0.15, 0.2) is 36.7 Å². The summed E-state index contributed by atoms with van der Waals surface area (Å²) in [6.07, 6.45) is 3.40. The average Bonchev–Trinajstić information content (AvgIpc) is 2.50. The standard InChI is InChI=1S/C15H21N5/c1-4-20(5-2)13-8-6-12(7-9-13)18-15-11-17-10-14(16-3)19-15/h6-11H,4-5H2,1-3H3,(H2,16,18,19). The van der Waals surface area contributed by atoms with Crippen LogP contribution >= 0.6 is 0 Å². The second-order valence-electron chi connectivity index (χ2n) is 4.38. The number of aromatic nitrogens is 2. The van der Waals surface area contributed by atoms with Gasteiger partial charge in [-0.15, -0.1) is 0 Å². The Bertz CT molecular complexity index is 534. The summed E-state index contributed by atoms with van der Waals surface area (Å²) in [4.78, 5) is 10.8. The van der Waals surface area contributed by atoms with E-state index in [-0.39, 0.29) is 0 Å². The molecule has 0 saturated carbocycles. The summed E-state index contributed by atoms with van der Waals surface area (Å²) in [5.74, 6) is 1.47. The molecule has 20 heavy (non-hydrogen) atoms. The van der Waals surface area contributed by atoms with E-state index in [2.05, 4.69) is 63.6 Å². The van der Waals surface area contributed by atoms with Gasteiger partial charge in [0.2, 0.25) is 0 Å². The van der Waals surface area contributed by atoms with Crippen molar-refractivity contribution in [1.82, 2.24) is 9.97 Å². The number of rotatable bonds is 6. The highest BCUT2D eigenvalue weighted by Gasteiger charge is 2.02. The minimum absolute atomic E-state index is 0.729. The molecule has 0 fully saturated rings. The summed E-state index contributed by atoms with van der Waals surface area (Å²) in [5, 5.41) is 6.22. The number of hydrogen-bond acceptors (Lipinski definition) is 5. The van der Waals surface area contributed by atoms with Gasteiger partial charge in [-0.3, -0.25) is 4.98 Å². The lowest BCUT2D eigenvalue weighted by Crippen LogP contribution is -2.21. The predicted molar refractivity (Wildman–Crippen MR) is 84.9 cm³/mol. The highest BCUT2D eigenvalue weighted by atomic mass is 15.1. The molecule has 5 nitrogen and oxygen atoms in total. The Balaban J connectivity index is 2.10. The molecule has 2 rings (SSSR count). The van der Waals surface area contributed by atoms with Gasteiger partial charge in [0.05, 0.1) is 12.4 Å². The lowest BCUT2D eigenvalue weighted by atomic mass is 10.2. The summed E-state index contributed by atoms with van der Waals surface area (Å²) >= 11 is 0. The second kappa shape index (κ2) is 6.75. The highest BCUT2D eigenvalue weighted by molar-refractivity contribution is 5.61. The van der Waals surface area contributed by atoms with Gasteiger partial charge < -0.3 is 15.5 Å². The van der Waals surface area contributed by atoms with Crippen molar-refractivity contribution in [3.63, 3.8) is 0 Å². The van der Waals surface area contributed by atoms with Crippen molar-refractivity contribution in [2.24, 2.45) is 0 Å². The number of hydrogen-bond donors (Lipinski definition) is 2. The number of nitrogens with one attached hydrogen (secondary N) is 2. The van der Waals surface area contributed by atoms with Crippen LogP contribution in [0.4, 0.5) is 23.0 Å². The Morgan fingerprint density at radius 2 is 1.65 bits per heavy atom. The van der Waals surface area contributed by atoms with E-state index in [0.29, 0.717) is 0 Å². The van der Waals surface area contributed by atoms with Crippen LogP contribution in [0, 0.1) is 0 Å². The summed E-state index contributed by atoms with van der Waals surface area (Å²) in [7, 11) is 1.83. The molecule has 106 valence electrons. The molecule has 0 amide bonds. The SMILES string of the molecule is CCN(CC)c1ccc(Nc2cncc(NC)n2)cc1. The maximum atomic E-state index is 4.38. The van der Waals surface area contributed by atoms with E-state index < -0.39 is 0 Å². The van der Waals surface area contributed by atoms with E-state index in [1.165, 1.54) is 5.69 Å². The van der Waals surface area contributed by atoms with Crippen LogP contribution in [0.3, 0.4) is 0 Å². The predicted octanol–water partition coefficient (Wildman–Crippen LogP) is 3.11. The first kappa shape index (κ1) is 14.1. The topological polar surface area (TPSA) is 53.1 Å². The molecule has 2 aromatic rings. The zero-order valence-electron chi connectivity index (χ0n) is 12.2. The van der Waals surface area contributed by atoms with Crippen molar-refractivity contribution >= 4 is 23.0 Å². The van der Waals surface area contributed by atoms with Crippen molar-refractivity contribution < 1.29 is 0 Å². The molecule has 0 saturated heterocycles. The summed E-state index contributed by atoms with van der Waals surface area (Å²) in [6, 6.07) is 8.35. The molecule has 0 unspecified atom stereocenters. The van der Waals surface area contributed by atoms with Crippen LogP contribution in [0.5, 0.6) is 0 Å². The van der Waals surface area contributed by atoms with Gasteiger partial charge in [0.1, 0.15) is 5.82 Å². The average molecular weight is 271 g/mol. The van der Waals surface area contributed by atoms with Crippen LogP contribution in [0.25, 0.3) is 0 Å². The van der Waals surface area contributed by atoms with Crippen LogP contribution < -0.4 is 15.5 Å². The molecule has 5 heteroatoms. The first-order valence-corrected chi connectivity index (χ1v) is 6.88. The van der Waals surface area contributed by atoms with Crippen molar-refractivity contribution in [3.8, 4) is 0 Å². The van der Waals surface area contributed by atoms with Gasteiger partial charge in [-0.05, 0) is 38.1 Å². The minimum atomic E-state index is 0.729. The number of nitrogens with zero attached hydrogens (tertiary/aromatic N) is 3. The summed E-state index contributed by atoms with van der Waals surface area (Å²) < 4.78 is 0. The fourth-order valence-electron chi connectivity index (χ4n) is 2.04. The molecule has 0 aliphatic carbocycles. The molecule has 1 aromatic carbocycles. The zero-order chi connectivity index (χ0) is 14.4. The molecule has 2 N–H and O–H groups in total. The van der Waals surface area contributed by atoms with Gasteiger partial charge >= 0.3 is 0 Å². The van der Waals surface area contributed by atoms with E-state index >= 15 is 0 Å². The van der Waals surface area contributed by atoms with Gasteiger partial charge in [-0.1, -0.05) is 0 Å². The Morgan fingerprint density at radius 1 is 1.00 bits per heavy atom. The highest BCUT2D eigenvalue weighted by Crippen LogP contribution is 2.20. The fraction of sp³-hybridized carbons (Fsp3) is 0.333. The molecule has 0 spiro atoms. The molecule has 1 aromatic heterocycles. The normalized spacial score (nSPS) is 10.2. The maximum Gasteiger partial charge on any atom is 0.151 e. The molecule has 0 aliphatic rings. The molecular formula is C15H21N5. The van der Waals surface area contributed by atoms with Crippen LogP contribution in [0.2, 0.25) is 0 Å². The van der Waals surface area contributed by atoms with E-state index in [1.54, 1.807) is 12.4 Å². The maximum absolute atomic E-state index is 4.38. The van der Waals surface area contributed by atoms with Crippen LogP contribution in [-0.2, 0) is 0 Å². The van der Waals surface area contributed by atoms with E-state index in [9.17, 15) is 0 Å². The Hall–Kier alpha value is -2.30. The van der Waals surface area contributed by atoms with E-state index in [1.807, 2.05) is 7.05 Å². The van der Waals surface area contributed by atoms with Crippen molar-refractivity contribution in [2.45, 2.75) is 13.8 Å². The molecule has 1 heterocycles. The largest absolute Gasteiger partial charge is 0.372 e. The van der Waals surface area contributed by atoms with E-state index in [4.69, 9.17) is 0 Å². The first-order valence-electron chi connectivity index (χ1n) is 6.88. The molecule has 0 bridgehead atoms. The Morgan fingerprint density at radius 3 is 2.25 bits per heavy atom. The lowest BCUT2D eigenvalue weighted by molar-refractivity contribution is 0.866. The molecule has 0 atom stereocenters. The van der Waals surface area contributed by atoms with Gasteiger partial charge in [0.25, 0.3) is 0 Å². The fourth-order valence-corrected chi connectivity index (χ4v) is 2.04.